The predicted molar refractivity (Wildman–Crippen MR) is 85.6 cm³/mol. The maximum atomic E-state index is 12.1. The number of rotatable bonds is 5. The molecular formula is C17H17N3O3. The second-order valence-corrected chi connectivity index (χ2v) is 5.62. The molecule has 1 heterocycles. The van der Waals surface area contributed by atoms with Gasteiger partial charge < -0.3 is 10.4 Å². The molecule has 0 bridgehead atoms. The van der Waals surface area contributed by atoms with Gasteiger partial charge in [0.2, 0.25) is 5.91 Å². The number of carboxylic acid groups (broad SMARTS) is 1. The topological polar surface area (TPSA) is 84.2 Å². The fraction of sp³-hybridized carbons (Fsp3) is 0.235. The molecule has 0 saturated heterocycles. The average Bonchev–Trinajstić information content (AvgIpc) is 3.25. The fourth-order valence-electron chi connectivity index (χ4n) is 2.38. The summed E-state index contributed by atoms with van der Waals surface area (Å²) in [5.74, 6) is -0.735. The minimum atomic E-state index is -1.09. The number of nitrogens with one attached hydrogen (secondary N) is 1. The Hall–Kier alpha value is -2.89. The summed E-state index contributed by atoms with van der Waals surface area (Å²) in [7, 11) is 0. The lowest BCUT2D eigenvalue weighted by molar-refractivity contribution is -0.112. The predicted octanol–water partition coefficient (Wildman–Crippen LogP) is 2.87. The molecule has 23 heavy (non-hydrogen) atoms. The lowest BCUT2D eigenvalue weighted by Gasteiger charge is -2.10. The molecule has 1 aromatic heterocycles. The highest BCUT2D eigenvalue weighted by molar-refractivity contribution is 6.01. The number of para-hydroxylation sites is 2. The number of amides is 1. The molecular weight excluding hydrogens is 294 g/mol. The first-order valence-electron chi connectivity index (χ1n) is 7.42. The Bertz CT molecular complexity index is 788. The molecule has 0 radical (unpaired) electrons. The van der Waals surface area contributed by atoms with Crippen LogP contribution in [0.3, 0.4) is 0 Å². The monoisotopic (exact) mass is 311 g/mol. The van der Waals surface area contributed by atoms with Crippen LogP contribution in [0, 0.1) is 5.92 Å². The summed E-state index contributed by atoms with van der Waals surface area (Å²) in [5, 5.41) is 15.8. The molecule has 2 N–H and O–H groups in total. The average molecular weight is 311 g/mol. The van der Waals surface area contributed by atoms with Gasteiger partial charge >= 0.3 is 5.97 Å². The van der Waals surface area contributed by atoms with Crippen LogP contribution >= 0.6 is 0 Å². The normalized spacial score (nSPS) is 14.6. The van der Waals surface area contributed by atoms with E-state index in [2.05, 4.69) is 10.4 Å². The minimum absolute atomic E-state index is 0.0457. The standard InChI is InChI=1S/C17H17N3O3/c1-11(12-6-7-12)10-16(21)18-13-4-2-3-5-15(13)20-9-8-14(19-20)17(22)23/h2-5,8-10,12H,6-7H2,1H3,(H,18,21)(H,22,23). The van der Waals surface area contributed by atoms with Gasteiger partial charge in [-0.05, 0) is 43.9 Å². The molecule has 1 saturated carbocycles. The van der Waals surface area contributed by atoms with Crippen LogP contribution in [0.15, 0.2) is 48.2 Å². The van der Waals surface area contributed by atoms with Crippen LogP contribution < -0.4 is 5.32 Å². The van der Waals surface area contributed by atoms with Gasteiger partial charge in [-0.1, -0.05) is 17.7 Å². The molecule has 0 atom stereocenters. The van der Waals surface area contributed by atoms with Crippen molar-refractivity contribution in [1.82, 2.24) is 9.78 Å². The van der Waals surface area contributed by atoms with Crippen LogP contribution in [0.25, 0.3) is 5.69 Å². The van der Waals surface area contributed by atoms with E-state index >= 15 is 0 Å². The SMILES string of the molecule is CC(=CC(=O)Nc1ccccc1-n1ccc(C(=O)O)n1)C1CC1. The number of anilines is 1. The van der Waals surface area contributed by atoms with Crippen molar-refractivity contribution < 1.29 is 14.7 Å². The van der Waals surface area contributed by atoms with E-state index in [0.29, 0.717) is 17.3 Å². The Morgan fingerprint density at radius 1 is 1.30 bits per heavy atom. The van der Waals surface area contributed by atoms with E-state index in [0.717, 1.165) is 18.4 Å². The Balaban J connectivity index is 1.83. The number of carboxylic acids is 1. The molecule has 2 aromatic rings. The number of nitrogens with zero attached hydrogens (tertiary/aromatic N) is 2. The fourth-order valence-corrected chi connectivity index (χ4v) is 2.38. The van der Waals surface area contributed by atoms with Gasteiger partial charge in [0.1, 0.15) is 0 Å². The molecule has 0 unspecified atom stereocenters. The van der Waals surface area contributed by atoms with Crippen molar-refractivity contribution in [2.75, 3.05) is 5.32 Å². The van der Waals surface area contributed by atoms with Gasteiger partial charge in [-0.25, -0.2) is 9.48 Å². The Kier molecular flexibility index (Phi) is 3.97. The first kappa shape index (κ1) is 15.0. The lowest BCUT2D eigenvalue weighted by atomic mass is 10.2. The smallest absolute Gasteiger partial charge is 0.356 e. The van der Waals surface area contributed by atoms with Gasteiger partial charge in [-0.2, -0.15) is 5.10 Å². The van der Waals surface area contributed by atoms with Crippen molar-refractivity contribution in [3.05, 3.63) is 53.9 Å². The van der Waals surface area contributed by atoms with Crippen LogP contribution in [0.1, 0.15) is 30.3 Å². The third-order valence-electron chi connectivity index (χ3n) is 3.80. The number of benzene rings is 1. The number of aromatic carboxylic acids is 1. The van der Waals surface area contributed by atoms with Gasteiger partial charge in [-0.15, -0.1) is 0 Å². The van der Waals surface area contributed by atoms with E-state index in [-0.39, 0.29) is 11.6 Å². The second-order valence-electron chi connectivity index (χ2n) is 5.62. The van der Waals surface area contributed by atoms with E-state index in [1.54, 1.807) is 36.5 Å². The third kappa shape index (κ3) is 3.48. The summed E-state index contributed by atoms with van der Waals surface area (Å²) in [6, 6.07) is 8.55. The van der Waals surface area contributed by atoms with E-state index in [9.17, 15) is 9.59 Å². The van der Waals surface area contributed by atoms with E-state index in [4.69, 9.17) is 5.11 Å². The Labute approximate surface area is 133 Å². The molecule has 1 aliphatic rings. The molecule has 118 valence electrons. The van der Waals surface area contributed by atoms with Crippen LogP contribution in [0.2, 0.25) is 0 Å². The number of hydrogen-bond acceptors (Lipinski definition) is 3. The van der Waals surface area contributed by atoms with Gasteiger partial charge in [0.05, 0.1) is 11.4 Å². The van der Waals surface area contributed by atoms with Crippen molar-refractivity contribution in [3.8, 4) is 5.69 Å². The van der Waals surface area contributed by atoms with Crippen molar-refractivity contribution in [2.24, 2.45) is 5.92 Å². The zero-order valence-corrected chi connectivity index (χ0v) is 12.7. The third-order valence-corrected chi connectivity index (χ3v) is 3.80. The van der Waals surface area contributed by atoms with Crippen LogP contribution in [0.5, 0.6) is 0 Å². The largest absolute Gasteiger partial charge is 0.476 e. The summed E-state index contributed by atoms with van der Waals surface area (Å²) >= 11 is 0. The molecule has 1 amide bonds. The lowest BCUT2D eigenvalue weighted by Crippen LogP contribution is -2.12. The van der Waals surface area contributed by atoms with Crippen molar-refractivity contribution in [2.45, 2.75) is 19.8 Å². The maximum absolute atomic E-state index is 12.1. The summed E-state index contributed by atoms with van der Waals surface area (Å²) < 4.78 is 1.44. The van der Waals surface area contributed by atoms with E-state index in [1.165, 1.54) is 10.7 Å². The first-order valence-corrected chi connectivity index (χ1v) is 7.42. The quantitative estimate of drug-likeness (QED) is 0.832. The summed E-state index contributed by atoms with van der Waals surface area (Å²) in [6.07, 6.45) is 5.48. The van der Waals surface area contributed by atoms with Gasteiger partial charge in [0.15, 0.2) is 5.69 Å². The highest BCUT2D eigenvalue weighted by Crippen LogP contribution is 2.35. The molecule has 6 heteroatoms. The zero-order chi connectivity index (χ0) is 16.4. The van der Waals surface area contributed by atoms with Crippen LogP contribution in [-0.4, -0.2) is 26.8 Å². The van der Waals surface area contributed by atoms with Gasteiger partial charge in [-0.3, -0.25) is 4.79 Å². The second kappa shape index (κ2) is 6.08. The van der Waals surface area contributed by atoms with E-state index < -0.39 is 5.97 Å². The summed E-state index contributed by atoms with van der Waals surface area (Å²) in [6.45, 7) is 1.97. The Morgan fingerprint density at radius 2 is 2.04 bits per heavy atom. The van der Waals surface area contributed by atoms with Crippen LogP contribution in [-0.2, 0) is 4.79 Å². The molecule has 0 spiro atoms. The van der Waals surface area contributed by atoms with Crippen LogP contribution in [0.4, 0.5) is 5.69 Å². The molecule has 0 aliphatic heterocycles. The molecule has 1 fully saturated rings. The Morgan fingerprint density at radius 3 is 2.70 bits per heavy atom. The number of allylic oxidation sites excluding steroid dienone is 1. The van der Waals surface area contributed by atoms with Gasteiger partial charge in [0, 0.05) is 12.3 Å². The number of carbonyl (C=O) groups excluding carboxylic acids is 1. The summed E-state index contributed by atoms with van der Waals surface area (Å²) in [4.78, 5) is 23.1. The van der Waals surface area contributed by atoms with Gasteiger partial charge in [0.25, 0.3) is 0 Å². The zero-order valence-electron chi connectivity index (χ0n) is 12.7. The minimum Gasteiger partial charge on any atom is -0.476 e. The highest BCUT2D eigenvalue weighted by atomic mass is 16.4. The molecule has 6 nitrogen and oxygen atoms in total. The molecule has 3 rings (SSSR count). The molecule has 1 aromatic carbocycles. The first-order chi connectivity index (χ1) is 11.0. The van der Waals surface area contributed by atoms with Crippen molar-refractivity contribution in [3.63, 3.8) is 0 Å². The summed E-state index contributed by atoms with van der Waals surface area (Å²) in [5.41, 5.74) is 2.24. The highest BCUT2D eigenvalue weighted by Gasteiger charge is 2.23. The maximum Gasteiger partial charge on any atom is 0.356 e. The number of carbonyl (C=O) groups is 2. The van der Waals surface area contributed by atoms with E-state index in [1.807, 2.05) is 6.92 Å². The molecule has 1 aliphatic carbocycles. The number of hydrogen-bond donors (Lipinski definition) is 2. The van der Waals surface area contributed by atoms with Crippen molar-refractivity contribution in [1.29, 1.82) is 0 Å². The number of aromatic nitrogens is 2. The van der Waals surface area contributed by atoms with Crippen molar-refractivity contribution >= 4 is 17.6 Å².